The van der Waals surface area contributed by atoms with Crippen LogP contribution >= 0.6 is 0 Å². The number of hydrogen-bond acceptors (Lipinski definition) is 6. The zero-order valence-electron chi connectivity index (χ0n) is 16.2. The molecule has 0 radical (unpaired) electrons. The smallest absolute Gasteiger partial charge is 0.134 e. The summed E-state index contributed by atoms with van der Waals surface area (Å²) in [5.41, 5.74) is 5.34. The number of benzene rings is 1. The van der Waals surface area contributed by atoms with E-state index < -0.39 is 0 Å². The summed E-state index contributed by atoms with van der Waals surface area (Å²) < 4.78 is 0. The molecule has 28 heavy (non-hydrogen) atoms. The lowest BCUT2D eigenvalue weighted by Gasteiger charge is -2.48. The average Bonchev–Trinajstić information content (AvgIpc) is 3.32. The highest BCUT2D eigenvalue weighted by atomic mass is 15.8. The van der Waals surface area contributed by atoms with Crippen LogP contribution in [0.15, 0.2) is 65.2 Å². The molecule has 0 amide bonds. The maximum atomic E-state index is 4.26. The van der Waals surface area contributed by atoms with E-state index in [1.165, 1.54) is 43.4 Å². The SMILES string of the molecule is c1ccc(C(CCN2CC3CCC2CC3)(c2ccncc2)N2CN=NN2)cc1. The molecule has 4 aliphatic rings. The van der Waals surface area contributed by atoms with Gasteiger partial charge in [0.1, 0.15) is 6.67 Å². The molecule has 146 valence electrons. The minimum Gasteiger partial charge on any atom is -0.300 e. The first-order valence-corrected chi connectivity index (χ1v) is 10.5. The highest BCUT2D eigenvalue weighted by Crippen LogP contribution is 2.41. The van der Waals surface area contributed by atoms with E-state index in [1.54, 1.807) is 0 Å². The first kappa shape index (κ1) is 17.8. The van der Waals surface area contributed by atoms with Crippen LogP contribution in [0.25, 0.3) is 0 Å². The quantitative estimate of drug-likeness (QED) is 0.835. The Labute approximate surface area is 166 Å². The molecule has 3 aliphatic heterocycles. The van der Waals surface area contributed by atoms with E-state index in [9.17, 15) is 0 Å². The lowest BCUT2D eigenvalue weighted by Crippen LogP contribution is -2.54. The Morgan fingerprint density at radius 3 is 2.36 bits per heavy atom. The van der Waals surface area contributed by atoms with Crippen LogP contribution in [0, 0.1) is 5.92 Å². The fraction of sp³-hybridized carbons (Fsp3) is 0.500. The number of fused-ring (bicyclic) bond motifs is 3. The molecular weight excluding hydrogens is 348 g/mol. The monoisotopic (exact) mass is 376 g/mol. The zero-order chi connectivity index (χ0) is 18.8. The maximum Gasteiger partial charge on any atom is 0.134 e. The summed E-state index contributed by atoms with van der Waals surface area (Å²) >= 11 is 0. The number of nitrogens with one attached hydrogen (secondary N) is 1. The topological polar surface area (TPSA) is 56.1 Å². The summed E-state index contributed by atoms with van der Waals surface area (Å²) in [5.74, 6) is 0.895. The Kier molecular flexibility index (Phi) is 4.82. The van der Waals surface area contributed by atoms with Crippen molar-refractivity contribution in [3.63, 3.8) is 0 Å². The van der Waals surface area contributed by atoms with Gasteiger partial charge in [-0.2, -0.15) is 10.1 Å². The fourth-order valence-electron chi connectivity index (χ4n) is 5.41. The van der Waals surface area contributed by atoms with Crippen molar-refractivity contribution in [2.24, 2.45) is 16.3 Å². The van der Waals surface area contributed by atoms with Crippen molar-refractivity contribution >= 4 is 0 Å². The van der Waals surface area contributed by atoms with E-state index >= 15 is 0 Å². The van der Waals surface area contributed by atoms with Crippen LogP contribution in [-0.2, 0) is 5.54 Å². The van der Waals surface area contributed by atoms with Gasteiger partial charge in [-0.05, 0) is 61.3 Å². The Balaban J connectivity index is 1.51. The summed E-state index contributed by atoms with van der Waals surface area (Å²) in [6.45, 7) is 2.88. The Bertz CT molecular complexity index is 753. The molecule has 1 aliphatic carbocycles. The van der Waals surface area contributed by atoms with E-state index in [4.69, 9.17) is 0 Å². The molecule has 1 saturated carbocycles. The summed E-state index contributed by atoms with van der Waals surface area (Å²) in [6, 6.07) is 15.8. The number of aromatic nitrogens is 1. The van der Waals surface area contributed by atoms with E-state index in [0.29, 0.717) is 6.67 Å². The Hall–Kier alpha value is -2.31. The Morgan fingerprint density at radius 1 is 0.964 bits per heavy atom. The van der Waals surface area contributed by atoms with Gasteiger partial charge in [-0.25, -0.2) is 5.53 Å². The molecule has 1 atom stereocenters. The maximum absolute atomic E-state index is 4.26. The van der Waals surface area contributed by atoms with E-state index in [2.05, 4.69) is 73.2 Å². The number of rotatable bonds is 6. The van der Waals surface area contributed by atoms with Crippen LogP contribution in [0.4, 0.5) is 0 Å². The molecule has 6 heteroatoms. The van der Waals surface area contributed by atoms with Gasteiger partial charge in [0.25, 0.3) is 0 Å². The molecule has 6 nitrogen and oxygen atoms in total. The molecule has 2 bridgehead atoms. The van der Waals surface area contributed by atoms with Crippen LogP contribution in [0.3, 0.4) is 0 Å². The standard InChI is InChI=1S/C22H28N6/c1-2-4-19(5-3-1)22(28-17-24-25-26-28,20-10-13-23-14-11-20)12-15-27-16-18-6-8-21(27)9-7-18/h1-5,10-11,13-14,18,21H,6-9,12,15-17H2,(H,24,26). The molecule has 1 aromatic carbocycles. The average molecular weight is 377 g/mol. The number of pyridine rings is 1. The van der Waals surface area contributed by atoms with Gasteiger partial charge < -0.3 is 4.90 Å². The minimum absolute atomic E-state index is 0.329. The summed E-state index contributed by atoms with van der Waals surface area (Å²) in [4.78, 5) is 7.00. The molecule has 0 spiro atoms. The summed E-state index contributed by atoms with van der Waals surface area (Å²) in [5, 5.41) is 10.5. The number of hydrogen-bond donors (Lipinski definition) is 1. The van der Waals surface area contributed by atoms with Crippen molar-refractivity contribution in [2.75, 3.05) is 19.8 Å². The molecule has 2 aromatic rings. The van der Waals surface area contributed by atoms with Crippen LogP contribution in [0.5, 0.6) is 0 Å². The Morgan fingerprint density at radius 2 is 1.71 bits per heavy atom. The lowest BCUT2D eigenvalue weighted by molar-refractivity contribution is 0.0200. The fourth-order valence-corrected chi connectivity index (χ4v) is 5.41. The number of hydrazine groups is 1. The number of piperidine rings is 2. The third-order valence-electron chi connectivity index (χ3n) is 6.90. The summed E-state index contributed by atoms with van der Waals surface area (Å²) in [7, 11) is 0. The molecule has 3 fully saturated rings. The van der Waals surface area contributed by atoms with Crippen LogP contribution in [0.1, 0.15) is 43.2 Å². The molecule has 1 aromatic heterocycles. The van der Waals surface area contributed by atoms with Gasteiger partial charge in [0.05, 0.1) is 5.54 Å². The van der Waals surface area contributed by atoms with Crippen molar-refractivity contribution in [1.82, 2.24) is 20.4 Å². The second-order valence-corrected chi connectivity index (χ2v) is 8.29. The minimum atomic E-state index is -0.329. The predicted molar refractivity (Wildman–Crippen MR) is 108 cm³/mol. The second-order valence-electron chi connectivity index (χ2n) is 8.29. The second kappa shape index (κ2) is 7.60. The molecule has 1 N–H and O–H groups in total. The molecule has 6 rings (SSSR count). The van der Waals surface area contributed by atoms with Gasteiger partial charge in [0.15, 0.2) is 0 Å². The van der Waals surface area contributed by atoms with Crippen LogP contribution < -0.4 is 5.53 Å². The van der Waals surface area contributed by atoms with E-state index in [-0.39, 0.29) is 5.54 Å². The van der Waals surface area contributed by atoms with Gasteiger partial charge in [0.2, 0.25) is 0 Å². The van der Waals surface area contributed by atoms with Crippen molar-refractivity contribution in [2.45, 2.75) is 43.7 Å². The third kappa shape index (κ3) is 3.10. The van der Waals surface area contributed by atoms with Gasteiger partial charge in [-0.15, -0.1) is 0 Å². The molecular formula is C22H28N6. The highest BCUT2D eigenvalue weighted by Gasteiger charge is 2.43. The van der Waals surface area contributed by atoms with Crippen LogP contribution in [0.2, 0.25) is 0 Å². The van der Waals surface area contributed by atoms with E-state index in [1.807, 2.05) is 12.4 Å². The van der Waals surface area contributed by atoms with Crippen LogP contribution in [-0.4, -0.2) is 40.7 Å². The molecule has 4 heterocycles. The lowest BCUT2D eigenvalue weighted by atomic mass is 9.77. The van der Waals surface area contributed by atoms with Gasteiger partial charge in [-0.1, -0.05) is 35.6 Å². The van der Waals surface area contributed by atoms with Crippen molar-refractivity contribution in [3.8, 4) is 0 Å². The first-order valence-electron chi connectivity index (χ1n) is 10.5. The largest absolute Gasteiger partial charge is 0.300 e. The van der Waals surface area contributed by atoms with Crippen molar-refractivity contribution in [1.29, 1.82) is 0 Å². The van der Waals surface area contributed by atoms with E-state index in [0.717, 1.165) is 24.9 Å². The first-order chi connectivity index (χ1) is 13.9. The van der Waals surface area contributed by atoms with Gasteiger partial charge >= 0.3 is 0 Å². The molecule has 1 unspecified atom stereocenters. The zero-order valence-corrected chi connectivity index (χ0v) is 16.2. The van der Waals surface area contributed by atoms with Gasteiger partial charge in [-0.3, -0.25) is 4.98 Å². The van der Waals surface area contributed by atoms with Crippen molar-refractivity contribution in [3.05, 3.63) is 66.0 Å². The van der Waals surface area contributed by atoms with Gasteiger partial charge in [0, 0.05) is 31.5 Å². The third-order valence-corrected chi connectivity index (χ3v) is 6.90. The number of nitrogens with zero attached hydrogens (tertiary/aromatic N) is 5. The predicted octanol–water partition coefficient (Wildman–Crippen LogP) is 3.73. The van der Waals surface area contributed by atoms with Crippen molar-refractivity contribution < 1.29 is 0 Å². The highest BCUT2D eigenvalue weighted by molar-refractivity contribution is 5.38. The summed E-state index contributed by atoms with van der Waals surface area (Å²) in [6.07, 6.45) is 10.3. The normalized spacial score (nSPS) is 26.9. The molecule has 2 saturated heterocycles.